The molecule has 2 aromatic heterocycles. The SMILES string of the molecule is CCc1cc(C(NC)c2c(Cl)cnn2C)n(CC)n1. The molecule has 19 heavy (non-hydrogen) atoms. The maximum Gasteiger partial charge on any atom is 0.0931 e. The van der Waals surface area contributed by atoms with E-state index in [1.165, 1.54) is 0 Å². The van der Waals surface area contributed by atoms with E-state index >= 15 is 0 Å². The third kappa shape index (κ3) is 2.53. The first-order chi connectivity index (χ1) is 9.12. The Hall–Kier alpha value is -1.33. The Kier molecular flexibility index (Phi) is 4.27. The van der Waals surface area contributed by atoms with Gasteiger partial charge in [-0.3, -0.25) is 9.36 Å². The Morgan fingerprint density at radius 1 is 1.42 bits per heavy atom. The molecule has 2 aromatic rings. The molecule has 0 saturated heterocycles. The van der Waals surface area contributed by atoms with Crippen molar-refractivity contribution in [2.45, 2.75) is 32.9 Å². The molecule has 0 aliphatic rings. The van der Waals surface area contributed by atoms with Crippen molar-refractivity contribution >= 4 is 11.6 Å². The molecule has 0 amide bonds. The van der Waals surface area contributed by atoms with Gasteiger partial charge in [-0.25, -0.2) is 0 Å². The minimum Gasteiger partial charge on any atom is -0.307 e. The van der Waals surface area contributed by atoms with Gasteiger partial charge >= 0.3 is 0 Å². The van der Waals surface area contributed by atoms with Crippen LogP contribution in [0.4, 0.5) is 0 Å². The molecule has 1 atom stereocenters. The maximum atomic E-state index is 6.25. The highest BCUT2D eigenvalue weighted by molar-refractivity contribution is 6.31. The fourth-order valence-electron chi connectivity index (χ4n) is 2.31. The molecule has 1 N–H and O–H groups in total. The summed E-state index contributed by atoms with van der Waals surface area (Å²) in [7, 11) is 3.82. The summed E-state index contributed by atoms with van der Waals surface area (Å²) in [6.45, 7) is 5.04. The van der Waals surface area contributed by atoms with Gasteiger partial charge < -0.3 is 5.32 Å². The van der Waals surface area contributed by atoms with E-state index in [4.69, 9.17) is 11.6 Å². The smallest absolute Gasteiger partial charge is 0.0931 e. The van der Waals surface area contributed by atoms with Crippen molar-refractivity contribution in [2.24, 2.45) is 7.05 Å². The van der Waals surface area contributed by atoms with Crippen molar-refractivity contribution in [2.75, 3.05) is 7.05 Å². The highest BCUT2D eigenvalue weighted by Crippen LogP contribution is 2.28. The van der Waals surface area contributed by atoms with Gasteiger partial charge in [0.05, 0.1) is 34.3 Å². The minimum absolute atomic E-state index is 0.00671. The second-order valence-corrected chi connectivity index (χ2v) is 4.86. The third-order valence-corrected chi connectivity index (χ3v) is 3.61. The van der Waals surface area contributed by atoms with Gasteiger partial charge in [-0.1, -0.05) is 18.5 Å². The molecule has 1 unspecified atom stereocenters. The summed E-state index contributed by atoms with van der Waals surface area (Å²) in [5, 5.41) is 12.8. The van der Waals surface area contributed by atoms with Crippen LogP contribution in [0.15, 0.2) is 12.3 Å². The van der Waals surface area contributed by atoms with Gasteiger partial charge in [-0.15, -0.1) is 0 Å². The summed E-state index contributed by atoms with van der Waals surface area (Å²) < 4.78 is 3.82. The third-order valence-electron chi connectivity index (χ3n) is 3.32. The molecule has 2 heterocycles. The van der Waals surface area contributed by atoms with Crippen molar-refractivity contribution in [3.63, 3.8) is 0 Å². The summed E-state index contributed by atoms with van der Waals surface area (Å²) >= 11 is 6.25. The van der Waals surface area contributed by atoms with E-state index in [9.17, 15) is 0 Å². The van der Waals surface area contributed by atoms with Crippen LogP contribution in [0.2, 0.25) is 5.02 Å². The number of nitrogens with one attached hydrogen (secondary N) is 1. The van der Waals surface area contributed by atoms with E-state index < -0.39 is 0 Å². The molecule has 0 saturated carbocycles. The Morgan fingerprint density at radius 2 is 2.16 bits per heavy atom. The van der Waals surface area contributed by atoms with E-state index in [1.54, 1.807) is 6.20 Å². The lowest BCUT2D eigenvalue weighted by molar-refractivity contribution is 0.533. The van der Waals surface area contributed by atoms with Gasteiger partial charge in [0.15, 0.2) is 0 Å². The number of rotatable bonds is 5. The van der Waals surface area contributed by atoms with Gasteiger partial charge in [0.1, 0.15) is 0 Å². The van der Waals surface area contributed by atoms with Crippen LogP contribution in [0.5, 0.6) is 0 Å². The summed E-state index contributed by atoms with van der Waals surface area (Å²) in [4.78, 5) is 0. The van der Waals surface area contributed by atoms with Crippen LogP contribution in [-0.4, -0.2) is 26.6 Å². The first-order valence-electron chi connectivity index (χ1n) is 6.53. The lowest BCUT2D eigenvalue weighted by Gasteiger charge is -2.18. The maximum absolute atomic E-state index is 6.25. The van der Waals surface area contributed by atoms with Gasteiger partial charge in [0, 0.05) is 13.6 Å². The van der Waals surface area contributed by atoms with E-state index in [0.717, 1.165) is 30.0 Å². The quantitative estimate of drug-likeness (QED) is 0.914. The molecule has 0 spiro atoms. The zero-order valence-electron chi connectivity index (χ0n) is 11.8. The van der Waals surface area contributed by atoms with Crippen molar-refractivity contribution in [1.29, 1.82) is 0 Å². The van der Waals surface area contributed by atoms with Crippen LogP contribution in [0, 0.1) is 0 Å². The predicted octanol–water partition coefficient (Wildman–Crippen LogP) is 2.16. The second-order valence-electron chi connectivity index (χ2n) is 4.45. The van der Waals surface area contributed by atoms with Gasteiger partial charge in [-0.2, -0.15) is 10.2 Å². The predicted molar refractivity (Wildman–Crippen MR) is 76.4 cm³/mol. The van der Waals surface area contributed by atoms with E-state index in [2.05, 4.69) is 35.4 Å². The van der Waals surface area contributed by atoms with Crippen molar-refractivity contribution in [3.05, 3.63) is 34.4 Å². The minimum atomic E-state index is -0.00671. The van der Waals surface area contributed by atoms with Crippen LogP contribution in [0.3, 0.4) is 0 Å². The average molecular weight is 282 g/mol. The van der Waals surface area contributed by atoms with Crippen LogP contribution in [0.1, 0.15) is 37.0 Å². The first-order valence-corrected chi connectivity index (χ1v) is 6.91. The normalized spacial score (nSPS) is 12.9. The van der Waals surface area contributed by atoms with Crippen LogP contribution in [0.25, 0.3) is 0 Å². The summed E-state index contributed by atoms with van der Waals surface area (Å²) in [6, 6.07) is 2.13. The van der Waals surface area contributed by atoms with Crippen molar-refractivity contribution in [3.8, 4) is 0 Å². The molecule has 0 aromatic carbocycles. The lowest BCUT2D eigenvalue weighted by Crippen LogP contribution is -2.24. The highest BCUT2D eigenvalue weighted by atomic mass is 35.5. The monoisotopic (exact) mass is 281 g/mol. The lowest BCUT2D eigenvalue weighted by atomic mass is 10.1. The molecule has 0 aliphatic heterocycles. The number of aryl methyl sites for hydroxylation is 3. The van der Waals surface area contributed by atoms with E-state index in [1.807, 2.05) is 23.5 Å². The number of aromatic nitrogens is 4. The van der Waals surface area contributed by atoms with Crippen molar-refractivity contribution < 1.29 is 0 Å². The number of hydrogen-bond donors (Lipinski definition) is 1. The highest BCUT2D eigenvalue weighted by Gasteiger charge is 2.23. The average Bonchev–Trinajstić information content (AvgIpc) is 2.97. The number of halogens is 1. The van der Waals surface area contributed by atoms with Gasteiger partial charge in [-0.05, 0) is 26.5 Å². The topological polar surface area (TPSA) is 47.7 Å². The Bertz CT molecular complexity index is 538. The molecule has 2 rings (SSSR count). The summed E-state index contributed by atoms with van der Waals surface area (Å²) in [6.07, 6.45) is 2.60. The van der Waals surface area contributed by atoms with E-state index in [0.29, 0.717) is 5.02 Å². The summed E-state index contributed by atoms with van der Waals surface area (Å²) in [5.74, 6) is 0. The fraction of sp³-hybridized carbons (Fsp3) is 0.538. The van der Waals surface area contributed by atoms with Crippen LogP contribution < -0.4 is 5.32 Å². The molecule has 104 valence electrons. The molecular formula is C13H20ClN5. The zero-order chi connectivity index (χ0) is 14.0. The van der Waals surface area contributed by atoms with Gasteiger partial charge in [0.25, 0.3) is 0 Å². The van der Waals surface area contributed by atoms with Crippen molar-refractivity contribution in [1.82, 2.24) is 24.9 Å². The number of nitrogens with zero attached hydrogens (tertiary/aromatic N) is 4. The number of hydrogen-bond acceptors (Lipinski definition) is 3. The second kappa shape index (κ2) is 5.75. The zero-order valence-corrected chi connectivity index (χ0v) is 12.6. The Labute approximate surface area is 118 Å². The first kappa shape index (κ1) is 14.1. The molecule has 6 heteroatoms. The molecule has 0 radical (unpaired) electrons. The standard InChI is InChI=1S/C13H20ClN5/c1-5-9-7-11(19(6-2)17-9)12(15-3)13-10(14)8-16-18(13)4/h7-8,12,15H,5-6H2,1-4H3. The van der Waals surface area contributed by atoms with Crippen LogP contribution >= 0.6 is 11.6 Å². The molecule has 0 fully saturated rings. The summed E-state index contributed by atoms with van der Waals surface area (Å²) in [5.41, 5.74) is 3.17. The largest absolute Gasteiger partial charge is 0.307 e. The fourth-order valence-corrected chi connectivity index (χ4v) is 2.59. The van der Waals surface area contributed by atoms with Gasteiger partial charge in [0.2, 0.25) is 0 Å². The Morgan fingerprint density at radius 3 is 2.63 bits per heavy atom. The molecule has 5 nitrogen and oxygen atoms in total. The Balaban J connectivity index is 2.50. The van der Waals surface area contributed by atoms with E-state index in [-0.39, 0.29) is 6.04 Å². The molecule has 0 bridgehead atoms. The van der Waals surface area contributed by atoms with Crippen LogP contribution in [-0.2, 0) is 20.0 Å². The molecule has 0 aliphatic carbocycles. The molecular weight excluding hydrogens is 262 g/mol.